The molecular weight excluding hydrogens is 214 g/mol. The first-order chi connectivity index (χ1) is 8.06. The molecule has 0 aliphatic heterocycles. The van der Waals surface area contributed by atoms with Crippen LogP contribution in [0.25, 0.3) is 0 Å². The van der Waals surface area contributed by atoms with Crippen LogP contribution in [0.15, 0.2) is 11.3 Å². The predicted molar refractivity (Wildman–Crippen MR) is 69.6 cm³/mol. The van der Waals surface area contributed by atoms with Crippen LogP contribution in [0.4, 0.5) is 0 Å². The molecule has 0 heterocycles. The van der Waals surface area contributed by atoms with E-state index in [1.807, 2.05) is 6.92 Å². The lowest BCUT2D eigenvalue weighted by Crippen LogP contribution is -2.33. The van der Waals surface area contributed by atoms with Gasteiger partial charge in [0.2, 0.25) is 0 Å². The van der Waals surface area contributed by atoms with E-state index in [0.717, 1.165) is 37.0 Å². The summed E-state index contributed by atoms with van der Waals surface area (Å²) in [7, 11) is 0. The molecule has 0 aromatic carbocycles. The van der Waals surface area contributed by atoms with E-state index in [4.69, 9.17) is 4.74 Å². The zero-order valence-corrected chi connectivity index (χ0v) is 11.5. The lowest BCUT2D eigenvalue weighted by atomic mass is 9.94. The smallest absolute Gasteiger partial charge is 0.335 e. The largest absolute Gasteiger partial charge is 0.463 e. The molecular formula is C14H25NO2. The van der Waals surface area contributed by atoms with Crippen molar-refractivity contribution in [3.63, 3.8) is 0 Å². The molecule has 0 aromatic heterocycles. The second-order valence-electron chi connectivity index (χ2n) is 5.06. The van der Waals surface area contributed by atoms with E-state index in [2.05, 4.69) is 26.1 Å². The third-order valence-corrected chi connectivity index (χ3v) is 3.39. The second-order valence-corrected chi connectivity index (χ2v) is 5.06. The lowest BCUT2D eigenvalue weighted by Gasteiger charge is -2.26. The molecule has 1 rings (SSSR count). The molecule has 0 saturated carbocycles. The van der Waals surface area contributed by atoms with Crippen molar-refractivity contribution in [2.75, 3.05) is 6.61 Å². The van der Waals surface area contributed by atoms with E-state index in [-0.39, 0.29) is 5.97 Å². The summed E-state index contributed by atoms with van der Waals surface area (Å²) in [5, 5.41) is 3.49. The average Bonchev–Trinajstić information content (AvgIpc) is 2.29. The van der Waals surface area contributed by atoms with Crippen molar-refractivity contribution in [2.24, 2.45) is 5.92 Å². The Bertz CT molecular complexity index is 295. The Morgan fingerprint density at radius 3 is 2.53 bits per heavy atom. The van der Waals surface area contributed by atoms with Crippen LogP contribution in [0.1, 0.15) is 53.4 Å². The van der Waals surface area contributed by atoms with Gasteiger partial charge in [0.05, 0.1) is 12.2 Å². The summed E-state index contributed by atoms with van der Waals surface area (Å²) in [4.78, 5) is 11.8. The molecule has 0 saturated heterocycles. The summed E-state index contributed by atoms with van der Waals surface area (Å²) in [6.45, 7) is 8.84. The highest BCUT2D eigenvalue weighted by Gasteiger charge is 2.21. The Balaban J connectivity index is 2.77. The summed E-state index contributed by atoms with van der Waals surface area (Å²) in [6, 6.07) is 0.396. The van der Waals surface area contributed by atoms with E-state index in [1.54, 1.807) is 0 Å². The predicted octanol–water partition coefficient (Wildman–Crippen LogP) is 3.01. The number of nitrogens with one attached hydrogen (secondary N) is 1. The second kappa shape index (κ2) is 6.67. The SMILES string of the molecule is CCOC(=O)C1=C(N[C@@H](C)C(C)C)CCCC1. The molecule has 0 amide bonds. The Labute approximate surface area is 105 Å². The van der Waals surface area contributed by atoms with Crippen LogP contribution < -0.4 is 5.32 Å². The fourth-order valence-corrected chi connectivity index (χ4v) is 1.95. The summed E-state index contributed by atoms with van der Waals surface area (Å²) >= 11 is 0. The fourth-order valence-electron chi connectivity index (χ4n) is 1.95. The van der Waals surface area contributed by atoms with Gasteiger partial charge < -0.3 is 10.1 Å². The first-order valence-electron chi connectivity index (χ1n) is 6.72. The Morgan fingerprint density at radius 2 is 1.94 bits per heavy atom. The molecule has 0 fully saturated rings. The number of ether oxygens (including phenoxy) is 1. The molecule has 0 radical (unpaired) electrons. The maximum Gasteiger partial charge on any atom is 0.335 e. The minimum absolute atomic E-state index is 0.134. The molecule has 3 nitrogen and oxygen atoms in total. The van der Waals surface area contributed by atoms with Crippen LogP contribution in [-0.4, -0.2) is 18.6 Å². The molecule has 3 heteroatoms. The summed E-state index contributed by atoms with van der Waals surface area (Å²) in [5.74, 6) is 0.429. The molecule has 0 bridgehead atoms. The number of esters is 1. The molecule has 0 aromatic rings. The van der Waals surface area contributed by atoms with Gasteiger partial charge in [0.1, 0.15) is 0 Å². The number of rotatable bonds is 5. The minimum atomic E-state index is -0.134. The van der Waals surface area contributed by atoms with Crippen molar-refractivity contribution in [1.82, 2.24) is 5.32 Å². The van der Waals surface area contributed by atoms with Gasteiger partial charge in [-0.25, -0.2) is 4.79 Å². The monoisotopic (exact) mass is 239 g/mol. The van der Waals surface area contributed by atoms with Crippen molar-refractivity contribution in [1.29, 1.82) is 0 Å². The van der Waals surface area contributed by atoms with Gasteiger partial charge in [-0.05, 0) is 45.4 Å². The maximum absolute atomic E-state index is 11.8. The van der Waals surface area contributed by atoms with Crippen LogP contribution in [0.3, 0.4) is 0 Å². The normalized spacial score (nSPS) is 18.2. The van der Waals surface area contributed by atoms with E-state index in [0.29, 0.717) is 18.6 Å². The maximum atomic E-state index is 11.8. The highest BCUT2D eigenvalue weighted by molar-refractivity contribution is 5.89. The standard InChI is InChI=1S/C14H25NO2/c1-5-17-14(16)12-8-6-7-9-13(12)15-11(4)10(2)3/h10-11,15H,5-9H2,1-4H3/t11-/m0/s1. The van der Waals surface area contributed by atoms with Crippen LogP contribution in [0.5, 0.6) is 0 Å². The fraction of sp³-hybridized carbons (Fsp3) is 0.786. The zero-order chi connectivity index (χ0) is 12.8. The summed E-state index contributed by atoms with van der Waals surface area (Å²) < 4.78 is 5.12. The van der Waals surface area contributed by atoms with E-state index >= 15 is 0 Å². The Morgan fingerprint density at radius 1 is 1.29 bits per heavy atom. The van der Waals surface area contributed by atoms with Gasteiger partial charge in [-0.1, -0.05) is 13.8 Å². The van der Waals surface area contributed by atoms with Gasteiger partial charge in [-0.3, -0.25) is 0 Å². The van der Waals surface area contributed by atoms with Gasteiger partial charge in [-0.2, -0.15) is 0 Å². The molecule has 17 heavy (non-hydrogen) atoms. The number of carbonyl (C=O) groups excluding carboxylic acids is 1. The highest BCUT2D eigenvalue weighted by Crippen LogP contribution is 2.25. The number of carbonyl (C=O) groups is 1. The summed E-state index contributed by atoms with van der Waals surface area (Å²) in [5.41, 5.74) is 1.97. The molecule has 98 valence electrons. The molecule has 1 aliphatic rings. The Hall–Kier alpha value is -0.990. The molecule has 0 unspecified atom stereocenters. The van der Waals surface area contributed by atoms with Crippen molar-refractivity contribution >= 4 is 5.97 Å². The van der Waals surface area contributed by atoms with Crippen LogP contribution in [0, 0.1) is 5.92 Å². The number of allylic oxidation sites excluding steroid dienone is 1. The van der Waals surface area contributed by atoms with E-state index < -0.39 is 0 Å². The lowest BCUT2D eigenvalue weighted by molar-refractivity contribution is -0.138. The summed E-state index contributed by atoms with van der Waals surface area (Å²) in [6.07, 6.45) is 4.09. The van der Waals surface area contributed by atoms with Crippen molar-refractivity contribution in [2.45, 2.75) is 59.4 Å². The molecule has 1 atom stereocenters. The first-order valence-corrected chi connectivity index (χ1v) is 6.72. The van der Waals surface area contributed by atoms with Gasteiger partial charge in [0, 0.05) is 11.7 Å². The van der Waals surface area contributed by atoms with Gasteiger partial charge >= 0.3 is 5.97 Å². The Kier molecular flexibility index (Phi) is 5.52. The minimum Gasteiger partial charge on any atom is -0.463 e. The van der Waals surface area contributed by atoms with Crippen molar-refractivity contribution in [3.8, 4) is 0 Å². The van der Waals surface area contributed by atoms with Gasteiger partial charge in [-0.15, -0.1) is 0 Å². The third-order valence-electron chi connectivity index (χ3n) is 3.39. The molecule has 1 aliphatic carbocycles. The highest BCUT2D eigenvalue weighted by atomic mass is 16.5. The van der Waals surface area contributed by atoms with E-state index in [1.165, 1.54) is 0 Å². The molecule has 1 N–H and O–H groups in total. The average molecular weight is 239 g/mol. The third kappa shape index (κ3) is 4.06. The van der Waals surface area contributed by atoms with Crippen LogP contribution in [0.2, 0.25) is 0 Å². The van der Waals surface area contributed by atoms with Gasteiger partial charge in [0.15, 0.2) is 0 Å². The topological polar surface area (TPSA) is 38.3 Å². The van der Waals surface area contributed by atoms with Crippen molar-refractivity contribution in [3.05, 3.63) is 11.3 Å². The van der Waals surface area contributed by atoms with Crippen LogP contribution in [-0.2, 0) is 9.53 Å². The zero-order valence-electron chi connectivity index (χ0n) is 11.5. The number of hydrogen-bond donors (Lipinski definition) is 1. The van der Waals surface area contributed by atoms with Crippen molar-refractivity contribution < 1.29 is 9.53 Å². The quantitative estimate of drug-likeness (QED) is 0.749. The first kappa shape index (κ1) is 14.1. The van der Waals surface area contributed by atoms with Gasteiger partial charge in [0.25, 0.3) is 0 Å². The number of hydrogen-bond acceptors (Lipinski definition) is 3. The molecule has 0 spiro atoms. The van der Waals surface area contributed by atoms with Crippen LogP contribution >= 0.6 is 0 Å². The van der Waals surface area contributed by atoms with E-state index in [9.17, 15) is 4.79 Å².